The molecule has 1 amide bonds. The zero-order valence-corrected chi connectivity index (χ0v) is 13.9. The summed E-state index contributed by atoms with van der Waals surface area (Å²) in [4.78, 5) is 12.6. The Morgan fingerprint density at radius 1 is 1.32 bits per heavy atom. The van der Waals surface area contributed by atoms with Gasteiger partial charge in [-0.25, -0.2) is 0 Å². The summed E-state index contributed by atoms with van der Waals surface area (Å²) in [5.41, 5.74) is 2.11. The van der Waals surface area contributed by atoms with Crippen molar-refractivity contribution in [2.45, 2.75) is 52.1 Å². The van der Waals surface area contributed by atoms with E-state index in [2.05, 4.69) is 37.5 Å². The van der Waals surface area contributed by atoms with Crippen molar-refractivity contribution in [2.75, 3.05) is 18.5 Å². The molecule has 1 saturated heterocycles. The summed E-state index contributed by atoms with van der Waals surface area (Å²) < 4.78 is 5.38. The minimum absolute atomic E-state index is 0.0507. The number of ether oxygens (including phenoxy) is 1. The van der Waals surface area contributed by atoms with Crippen molar-refractivity contribution in [3.05, 3.63) is 29.8 Å². The van der Waals surface area contributed by atoms with Crippen LogP contribution in [0, 0.1) is 5.92 Å². The summed E-state index contributed by atoms with van der Waals surface area (Å²) in [6.07, 6.45) is 2.92. The second-order valence-corrected chi connectivity index (χ2v) is 6.32. The van der Waals surface area contributed by atoms with Gasteiger partial charge in [-0.1, -0.05) is 32.9 Å². The second kappa shape index (κ2) is 8.30. The number of benzene rings is 1. The number of hydrogen-bond acceptors (Lipinski definition) is 3. The van der Waals surface area contributed by atoms with Gasteiger partial charge in [-0.15, -0.1) is 0 Å². The highest BCUT2D eigenvalue weighted by Crippen LogP contribution is 2.15. The van der Waals surface area contributed by atoms with Gasteiger partial charge >= 0.3 is 0 Å². The van der Waals surface area contributed by atoms with Crippen molar-refractivity contribution in [1.82, 2.24) is 5.32 Å². The minimum atomic E-state index is -0.173. The van der Waals surface area contributed by atoms with Gasteiger partial charge in [-0.05, 0) is 42.9 Å². The third-order valence-corrected chi connectivity index (χ3v) is 4.19. The van der Waals surface area contributed by atoms with Crippen LogP contribution in [0.4, 0.5) is 5.69 Å². The SMILES string of the molecule is CCc1cccc(NC(=O)C(NC2CCOCC2)C(C)C)c1. The first-order chi connectivity index (χ1) is 10.6. The zero-order valence-electron chi connectivity index (χ0n) is 13.9. The molecule has 1 fully saturated rings. The second-order valence-electron chi connectivity index (χ2n) is 6.32. The molecule has 4 heteroatoms. The van der Waals surface area contributed by atoms with Gasteiger partial charge in [0.05, 0.1) is 6.04 Å². The largest absolute Gasteiger partial charge is 0.381 e. The van der Waals surface area contributed by atoms with Gasteiger partial charge in [0.25, 0.3) is 0 Å². The lowest BCUT2D eigenvalue weighted by molar-refractivity contribution is -0.119. The maximum absolute atomic E-state index is 12.6. The standard InChI is InChI=1S/C18H28N2O2/c1-4-14-6-5-7-16(12-14)20-18(21)17(13(2)3)19-15-8-10-22-11-9-15/h5-7,12-13,15,17,19H,4,8-11H2,1-3H3,(H,20,21). The first kappa shape index (κ1) is 17.0. The van der Waals surface area contributed by atoms with Crippen LogP contribution < -0.4 is 10.6 Å². The number of carbonyl (C=O) groups excluding carboxylic acids is 1. The molecular weight excluding hydrogens is 276 g/mol. The van der Waals surface area contributed by atoms with E-state index in [1.165, 1.54) is 5.56 Å². The van der Waals surface area contributed by atoms with Crippen LogP contribution in [0.15, 0.2) is 24.3 Å². The van der Waals surface area contributed by atoms with Gasteiger partial charge in [0.2, 0.25) is 5.91 Å². The molecule has 4 nitrogen and oxygen atoms in total. The van der Waals surface area contributed by atoms with Crippen molar-refractivity contribution >= 4 is 11.6 Å². The minimum Gasteiger partial charge on any atom is -0.381 e. The lowest BCUT2D eigenvalue weighted by atomic mass is 9.99. The highest BCUT2D eigenvalue weighted by atomic mass is 16.5. The van der Waals surface area contributed by atoms with E-state index in [-0.39, 0.29) is 17.9 Å². The van der Waals surface area contributed by atoms with Crippen LogP contribution >= 0.6 is 0 Å². The summed E-state index contributed by atoms with van der Waals surface area (Å²) >= 11 is 0. The molecule has 2 N–H and O–H groups in total. The van der Waals surface area contributed by atoms with Crippen LogP contribution in [0.1, 0.15) is 39.2 Å². The number of amides is 1. The molecule has 122 valence electrons. The Morgan fingerprint density at radius 2 is 2.05 bits per heavy atom. The van der Waals surface area contributed by atoms with Crippen LogP contribution in [0.25, 0.3) is 0 Å². The number of hydrogen-bond donors (Lipinski definition) is 2. The van der Waals surface area contributed by atoms with E-state index >= 15 is 0 Å². The maximum atomic E-state index is 12.6. The predicted octanol–water partition coefficient (Wildman–Crippen LogP) is 2.98. The molecular formula is C18H28N2O2. The molecule has 1 heterocycles. The average molecular weight is 304 g/mol. The van der Waals surface area contributed by atoms with Crippen LogP contribution in [0.2, 0.25) is 0 Å². The van der Waals surface area contributed by atoms with E-state index in [1.54, 1.807) is 0 Å². The van der Waals surface area contributed by atoms with E-state index in [1.807, 2.05) is 18.2 Å². The van der Waals surface area contributed by atoms with Gasteiger partial charge in [0.15, 0.2) is 0 Å². The Morgan fingerprint density at radius 3 is 2.68 bits per heavy atom. The summed E-state index contributed by atoms with van der Waals surface area (Å²) in [7, 11) is 0. The van der Waals surface area contributed by atoms with Crippen molar-refractivity contribution in [3.63, 3.8) is 0 Å². The molecule has 1 aliphatic rings. The number of anilines is 1. The first-order valence-electron chi connectivity index (χ1n) is 8.33. The Bertz CT molecular complexity index is 482. The normalized spacial score (nSPS) is 17.5. The summed E-state index contributed by atoms with van der Waals surface area (Å²) in [6.45, 7) is 7.84. The van der Waals surface area contributed by atoms with Crippen molar-refractivity contribution in [2.24, 2.45) is 5.92 Å². The van der Waals surface area contributed by atoms with Crippen LogP contribution in [-0.2, 0) is 16.0 Å². The lowest BCUT2D eigenvalue weighted by Crippen LogP contribution is -2.50. The fourth-order valence-corrected chi connectivity index (χ4v) is 2.78. The highest BCUT2D eigenvalue weighted by molar-refractivity contribution is 5.95. The van der Waals surface area contributed by atoms with Gasteiger partial charge in [0.1, 0.15) is 0 Å². The van der Waals surface area contributed by atoms with Gasteiger partial charge in [-0.2, -0.15) is 0 Å². The summed E-state index contributed by atoms with van der Waals surface area (Å²) in [5, 5.41) is 6.57. The summed E-state index contributed by atoms with van der Waals surface area (Å²) in [6, 6.07) is 8.26. The fourth-order valence-electron chi connectivity index (χ4n) is 2.78. The van der Waals surface area contributed by atoms with Gasteiger partial charge in [0, 0.05) is 24.9 Å². The molecule has 1 atom stereocenters. The van der Waals surface area contributed by atoms with Crippen molar-refractivity contribution in [1.29, 1.82) is 0 Å². The predicted molar refractivity (Wildman–Crippen MR) is 90.1 cm³/mol. The molecule has 0 spiro atoms. The topological polar surface area (TPSA) is 50.4 Å². The number of aryl methyl sites for hydroxylation is 1. The quantitative estimate of drug-likeness (QED) is 0.849. The number of nitrogens with one attached hydrogen (secondary N) is 2. The van der Waals surface area contributed by atoms with Crippen molar-refractivity contribution < 1.29 is 9.53 Å². The van der Waals surface area contributed by atoms with Crippen LogP contribution in [-0.4, -0.2) is 31.2 Å². The fraction of sp³-hybridized carbons (Fsp3) is 0.611. The van der Waals surface area contributed by atoms with Gasteiger partial charge in [-0.3, -0.25) is 4.79 Å². The molecule has 0 bridgehead atoms. The zero-order chi connectivity index (χ0) is 15.9. The van der Waals surface area contributed by atoms with Crippen molar-refractivity contribution in [3.8, 4) is 0 Å². The molecule has 1 unspecified atom stereocenters. The highest BCUT2D eigenvalue weighted by Gasteiger charge is 2.26. The number of carbonyl (C=O) groups is 1. The average Bonchev–Trinajstić information content (AvgIpc) is 2.53. The number of rotatable bonds is 6. The molecule has 1 aromatic carbocycles. The first-order valence-corrected chi connectivity index (χ1v) is 8.33. The van der Waals surface area contributed by atoms with Crippen LogP contribution in [0.5, 0.6) is 0 Å². The molecule has 1 aromatic rings. The monoisotopic (exact) mass is 304 g/mol. The third-order valence-electron chi connectivity index (χ3n) is 4.19. The Labute approximate surface area is 133 Å². The van der Waals surface area contributed by atoms with E-state index < -0.39 is 0 Å². The van der Waals surface area contributed by atoms with Gasteiger partial charge < -0.3 is 15.4 Å². The van der Waals surface area contributed by atoms with E-state index in [9.17, 15) is 4.79 Å². The van der Waals surface area contributed by atoms with Crippen LogP contribution in [0.3, 0.4) is 0 Å². The van der Waals surface area contributed by atoms with E-state index in [0.29, 0.717) is 6.04 Å². The molecule has 0 aromatic heterocycles. The Balaban J connectivity index is 1.99. The van der Waals surface area contributed by atoms with E-state index in [0.717, 1.165) is 38.2 Å². The summed E-state index contributed by atoms with van der Waals surface area (Å²) in [5.74, 6) is 0.298. The third kappa shape index (κ3) is 4.82. The Kier molecular flexibility index (Phi) is 6.40. The maximum Gasteiger partial charge on any atom is 0.241 e. The molecule has 0 radical (unpaired) electrons. The molecule has 2 rings (SSSR count). The molecule has 0 aliphatic carbocycles. The Hall–Kier alpha value is -1.39. The smallest absolute Gasteiger partial charge is 0.241 e. The molecule has 0 saturated carbocycles. The molecule has 22 heavy (non-hydrogen) atoms. The molecule has 1 aliphatic heterocycles. The lowest BCUT2D eigenvalue weighted by Gasteiger charge is -2.30. The van der Waals surface area contributed by atoms with E-state index in [4.69, 9.17) is 4.74 Å².